The molecule has 0 fully saturated rings. The van der Waals surface area contributed by atoms with Crippen LogP contribution in [0.25, 0.3) is 0 Å². The minimum absolute atomic E-state index is 0.0679. The van der Waals surface area contributed by atoms with E-state index in [0.717, 1.165) is 23.4 Å². The molecule has 1 rings (SSSR count). The van der Waals surface area contributed by atoms with Gasteiger partial charge in [0.25, 0.3) is 0 Å². The first-order valence-electron chi connectivity index (χ1n) is 5.64. The van der Waals surface area contributed by atoms with Crippen LogP contribution in [0, 0.1) is 0 Å². The van der Waals surface area contributed by atoms with Crippen LogP contribution in [0.4, 0.5) is 0 Å². The van der Waals surface area contributed by atoms with Gasteiger partial charge in [-0.1, -0.05) is 43.1 Å². The lowest BCUT2D eigenvalue weighted by molar-refractivity contribution is -0.121. The summed E-state index contributed by atoms with van der Waals surface area (Å²) in [5, 5.41) is 3.42. The molecule has 0 aliphatic rings. The van der Waals surface area contributed by atoms with E-state index in [9.17, 15) is 4.79 Å². The molecule has 0 aliphatic heterocycles. The second kappa shape index (κ2) is 6.54. The molecule has 2 nitrogen and oxygen atoms in total. The molecule has 1 amide bonds. The Kier molecular flexibility index (Phi) is 5.33. The Balaban J connectivity index is 2.85. The minimum Gasteiger partial charge on any atom is -0.359 e. The largest absolute Gasteiger partial charge is 0.359 e. The number of carbonyl (C=O) groups is 1. The molecule has 1 aromatic rings. The van der Waals surface area contributed by atoms with Crippen LogP contribution >= 0.6 is 11.6 Å². The molecule has 0 saturated heterocycles. The molecule has 16 heavy (non-hydrogen) atoms. The molecule has 1 unspecified atom stereocenters. The van der Waals surface area contributed by atoms with E-state index in [1.807, 2.05) is 24.3 Å². The summed E-state index contributed by atoms with van der Waals surface area (Å²) < 4.78 is 0. The van der Waals surface area contributed by atoms with Gasteiger partial charge in [0.1, 0.15) is 0 Å². The zero-order valence-electron chi connectivity index (χ0n) is 9.79. The van der Waals surface area contributed by atoms with Crippen LogP contribution in [0.2, 0.25) is 5.02 Å². The third-order valence-electron chi connectivity index (χ3n) is 2.69. The van der Waals surface area contributed by atoms with Crippen LogP contribution in [0.15, 0.2) is 24.3 Å². The molecule has 0 spiro atoms. The van der Waals surface area contributed by atoms with E-state index >= 15 is 0 Å². The molecule has 1 N–H and O–H groups in total. The van der Waals surface area contributed by atoms with Gasteiger partial charge in [0.2, 0.25) is 5.91 Å². The molecular formula is C13H18ClNO. The van der Waals surface area contributed by atoms with E-state index in [1.165, 1.54) is 0 Å². The summed E-state index contributed by atoms with van der Waals surface area (Å²) in [7, 11) is 1.66. The third kappa shape index (κ3) is 3.53. The Morgan fingerprint density at radius 3 is 2.69 bits per heavy atom. The molecule has 0 radical (unpaired) electrons. The van der Waals surface area contributed by atoms with Crippen molar-refractivity contribution >= 4 is 17.5 Å². The Bertz CT molecular complexity index is 352. The number of halogens is 1. The Hall–Kier alpha value is -1.02. The zero-order chi connectivity index (χ0) is 12.0. The summed E-state index contributed by atoms with van der Waals surface area (Å²) in [6.07, 6.45) is 2.54. The summed E-state index contributed by atoms with van der Waals surface area (Å²) in [6.45, 7) is 2.12. The monoisotopic (exact) mass is 239 g/mol. The lowest BCUT2D eigenvalue weighted by Gasteiger charge is -2.17. The van der Waals surface area contributed by atoms with E-state index in [1.54, 1.807) is 7.05 Å². The Labute approximate surface area is 102 Å². The Morgan fingerprint density at radius 1 is 1.44 bits per heavy atom. The fourth-order valence-electron chi connectivity index (χ4n) is 1.85. The van der Waals surface area contributed by atoms with Crippen LogP contribution in [-0.4, -0.2) is 13.0 Å². The average Bonchev–Trinajstić information content (AvgIpc) is 2.29. The number of amides is 1. The van der Waals surface area contributed by atoms with Crippen molar-refractivity contribution in [2.75, 3.05) is 7.05 Å². The van der Waals surface area contributed by atoms with Gasteiger partial charge in [0.15, 0.2) is 0 Å². The molecule has 0 aromatic heterocycles. The van der Waals surface area contributed by atoms with Gasteiger partial charge in [0.05, 0.1) is 0 Å². The summed E-state index contributed by atoms with van der Waals surface area (Å²) in [4.78, 5) is 11.4. The van der Waals surface area contributed by atoms with Gasteiger partial charge in [-0.3, -0.25) is 4.79 Å². The van der Waals surface area contributed by atoms with Crippen LogP contribution in [0.1, 0.15) is 37.7 Å². The quantitative estimate of drug-likeness (QED) is 0.839. The van der Waals surface area contributed by atoms with Gasteiger partial charge in [-0.05, 0) is 24.0 Å². The lowest BCUT2D eigenvalue weighted by atomic mass is 9.91. The Morgan fingerprint density at radius 2 is 2.12 bits per heavy atom. The van der Waals surface area contributed by atoms with Gasteiger partial charge < -0.3 is 5.32 Å². The second-order valence-electron chi connectivity index (χ2n) is 3.88. The van der Waals surface area contributed by atoms with Crippen molar-refractivity contribution in [2.24, 2.45) is 0 Å². The number of nitrogens with one attached hydrogen (secondary N) is 1. The topological polar surface area (TPSA) is 29.1 Å². The molecule has 88 valence electrons. The molecule has 1 aromatic carbocycles. The summed E-state index contributed by atoms with van der Waals surface area (Å²) >= 11 is 6.15. The van der Waals surface area contributed by atoms with E-state index in [2.05, 4.69) is 12.2 Å². The minimum atomic E-state index is 0.0679. The number of carbonyl (C=O) groups excluding carboxylic acids is 1. The van der Waals surface area contributed by atoms with Crippen molar-refractivity contribution in [3.05, 3.63) is 34.9 Å². The van der Waals surface area contributed by atoms with Crippen LogP contribution in [-0.2, 0) is 4.79 Å². The zero-order valence-corrected chi connectivity index (χ0v) is 10.6. The number of rotatable bonds is 5. The van der Waals surface area contributed by atoms with Gasteiger partial charge in [-0.2, -0.15) is 0 Å². The van der Waals surface area contributed by atoms with Crippen LogP contribution < -0.4 is 5.32 Å². The first kappa shape index (κ1) is 13.0. The predicted molar refractivity (Wildman–Crippen MR) is 67.8 cm³/mol. The van der Waals surface area contributed by atoms with Gasteiger partial charge in [0, 0.05) is 18.5 Å². The molecule has 1 atom stereocenters. The van der Waals surface area contributed by atoms with Gasteiger partial charge >= 0.3 is 0 Å². The summed E-state index contributed by atoms with van der Waals surface area (Å²) in [5.41, 5.74) is 1.08. The normalized spacial score (nSPS) is 12.2. The highest BCUT2D eigenvalue weighted by molar-refractivity contribution is 6.31. The highest BCUT2D eigenvalue weighted by Crippen LogP contribution is 2.30. The summed E-state index contributed by atoms with van der Waals surface area (Å²) in [6, 6.07) is 7.76. The average molecular weight is 240 g/mol. The van der Waals surface area contributed by atoms with Crippen molar-refractivity contribution in [1.29, 1.82) is 0 Å². The highest BCUT2D eigenvalue weighted by atomic mass is 35.5. The van der Waals surface area contributed by atoms with E-state index in [0.29, 0.717) is 6.42 Å². The molecule has 0 heterocycles. The SMILES string of the molecule is CCCC(CC(=O)NC)c1ccccc1Cl. The van der Waals surface area contributed by atoms with Crippen molar-refractivity contribution in [1.82, 2.24) is 5.32 Å². The first-order valence-corrected chi connectivity index (χ1v) is 6.01. The van der Waals surface area contributed by atoms with Crippen molar-refractivity contribution in [2.45, 2.75) is 32.1 Å². The third-order valence-corrected chi connectivity index (χ3v) is 3.04. The highest BCUT2D eigenvalue weighted by Gasteiger charge is 2.16. The van der Waals surface area contributed by atoms with Crippen molar-refractivity contribution < 1.29 is 4.79 Å². The first-order chi connectivity index (χ1) is 7.69. The molecule has 0 bridgehead atoms. The number of hydrogen-bond acceptors (Lipinski definition) is 1. The van der Waals surface area contributed by atoms with E-state index < -0.39 is 0 Å². The maximum absolute atomic E-state index is 11.4. The number of hydrogen-bond donors (Lipinski definition) is 1. The lowest BCUT2D eigenvalue weighted by Crippen LogP contribution is -2.20. The van der Waals surface area contributed by atoms with E-state index in [-0.39, 0.29) is 11.8 Å². The second-order valence-corrected chi connectivity index (χ2v) is 4.29. The smallest absolute Gasteiger partial charge is 0.220 e. The molecule has 0 saturated carbocycles. The van der Waals surface area contributed by atoms with Gasteiger partial charge in [-0.25, -0.2) is 0 Å². The van der Waals surface area contributed by atoms with Gasteiger partial charge in [-0.15, -0.1) is 0 Å². The van der Waals surface area contributed by atoms with Crippen molar-refractivity contribution in [3.63, 3.8) is 0 Å². The van der Waals surface area contributed by atoms with Crippen molar-refractivity contribution in [3.8, 4) is 0 Å². The molecular weight excluding hydrogens is 222 g/mol. The number of benzene rings is 1. The summed E-state index contributed by atoms with van der Waals surface area (Å²) in [5.74, 6) is 0.289. The predicted octanol–water partition coefficient (Wildman–Crippen LogP) is 3.36. The molecule has 0 aliphatic carbocycles. The maximum atomic E-state index is 11.4. The van der Waals surface area contributed by atoms with E-state index in [4.69, 9.17) is 11.6 Å². The fraction of sp³-hybridized carbons (Fsp3) is 0.462. The maximum Gasteiger partial charge on any atom is 0.220 e. The fourth-order valence-corrected chi connectivity index (χ4v) is 2.14. The van der Waals surface area contributed by atoms with Crippen LogP contribution in [0.5, 0.6) is 0 Å². The molecule has 3 heteroatoms. The standard InChI is InChI=1S/C13H18ClNO/c1-3-6-10(9-13(16)15-2)11-7-4-5-8-12(11)14/h4-5,7-8,10H,3,6,9H2,1-2H3,(H,15,16). The van der Waals surface area contributed by atoms with Crippen LogP contribution in [0.3, 0.4) is 0 Å².